The summed E-state index contributed by atoms with van der Waals surface area (Å²) in [6.07, 6.45) is 0. The van der Waals surface area contributed by atoms with Gasteiger partial charge in [-0.3, -0.25) is 4.72 Å². The van der Waals surface area contributed by atoms with Crippen LogP contribution in [0.15, 0.2) is 35.2 Å². The van der Waals surface area contributed by atoms with E-state index in [2.05, 4.69) is 4.72 Å². The van der Waals surface area contributed by atoms with E-state index in [4.69, 9.17) is 28.9 Å². The van der Waals surface area contributed by atoms with Crippen molar-refractivity contribution in [1.29, 1.82) is 0 Å². The highest BCUT2D eigenvalue weighted by atomic mass is 35.5. The van der Waals surface area contributed by atoms with Gasteiger partial charge in [-0.25, -0.2) is 8.42 Å². The predicted molar refractivity (Wildman–Crippen MR) is 87.6 cm³/mol. The lowest BCUT2D eigenvalue weighted by atomic mass is 10.1. The number of aryl methyl sites for hydroxylation is 1. The van der Waals surface area contributed by atoms with Crippen LogP contribution >= 0.6 is 23.2 Å². The summed E-state index contributed by atoms with van der Waals surface area (Å²) in [5.41, 5.74) is 7.44. The van der Waals surface area contributed by atoms with E-state index < -0.39 is 10.0 Å². The van der Waals surface area contributed by atoms with Crippen LogP contribution in [0, 0.1) is 13.8 Å². The van der Waals surface area contributed by atoms with Crippen LogP contribution in [-0.4, -0.2) is 8.42 Å². The molecule has 0 atom stereocenters. The Balaban J connectivity index is 2.57. The molecule has 112 valence electrons. The SMILES string of the molecule is Cc1ccc(N)c(C)c1S(=O)(=O)Nc1c(Cl)cccc1Cl. The molecular formula is C14H14Cl2N2O2S. The largest absolute Gasteiger partial charge is 0.398 e. The number of hydrogen-bond donors (Lipinski definition) is 2. The van der Waals surface area contributed by atoms with E-state index in [1.807, 2.05) is 0 Å². The van der Waals surface area contributed by atoms with E-state index in [0.29, 0.717) is 16.8 Å². The molecule has 0 heterocycles. The summed E-state index contributed by atoms with van der Waals surface area (Å²) in [6, 6.07) is 8.09. The molecule has 0 spiro atoms. The molecule has 0 aliphatic carbocycles. The van der Waals surface area contributed by atoms with Crippen LogP contribution in [0.25, 0.3) is 0 Å². The summed E-state index contributed by atoms with van der Waals surface area (Å²) in [7, 11) is -3.84. The molecule has 0 fully saturated rings. The zero-order valence-electron chi connectivity index (χ0n) is 11.4. The topological polar surface area (TPSA) is 72.2 Å². The summed E-state index contributed by atoms with van der Waals surface area (Å²) < 4.78 is 27.7. The first-order valence-electron chi connectivity index (χ1n) is 6.06. The molecule has 0 bridgehead atoms. The summed E-state index contributed by atoms with van der Waals surface area (Å²) in [4.78, 5) is 0.137. The Bertz CT molecular complexity index is 785. The highest BCUT2D eigenvalue weighted by Gasteiger charge is 2.22. The van der Waals surface area contributed by atoms with Crippen LogP contribution < -0.4 is 10.5 Å². The van der Waals surface area contributed by atoms with Crippen LogP contribution in [-0.2, 0) is 10.0 Å². The maximum atomic E-state index is 12.6. The fourth-order valence-corrected chi connectivity index (χ4v) is 4.24. The highest BCUT2D eigenvalue weighted by Crippen LogP contribution is 2.33. The van der Waals surface area contributed by atoms with E-state index in [1.54, 1.807) is 44.2 Å². The molecule has 0 saturated heterocycles. The first-order valence-corrected chi connectivity index (χ1v) is 8.30. The van der Waals surface area contributed by atoms with Gasteiger partial charge in [-0.05, 0) is 43.2 Å². The van der Waals surface area contributed by atoms with Crippen molar-refractivity contribution in [3.8, 4) is 0 Å². The van der Waals surface area contributed by atoms with Gasteiger partial charge < -0.3 is 5.73 Å². The molecule has 2 rings (SSSR count). The van der Waals surface area contributed by atoms with Gasteiger partial charge in [-0.1, -0.05) is 35.3 Å². The predicted octanol–water partition coefficient (Wildman–Crippen LogP) is 3.99. The van der Waals surface area contributed by atoms with Crippen molar-refractivity contribution in [2.75, 3.05) is 10.5 Å². The number of nitrogens with two attached hydrogens (primary N) is 1. The number of benzene rings is 2. The maximum Gasteiger partial charge on any atom is 0.262 e. The van der Waals surface area contributed by atoms with Crippen LogP contribution in [0.1, 0.15) is 11.1 Å². The first-order chi connectivity index (χ1) is 9.74. The number of anilines is 2. The average molecular weight is 345 g/mol. The van der Waals surface area contributed by atoms with Gasteiger partial charge in [-0.2, -0.15) is 0 Å². The molecule has 0 aliphatic rings. The molecule has 0 radical (unpaired) electrons. The fourth-order valence-electron chi connectivity index (χ4n) is 2.04. The Kier molecular flexibility index (Phi) is 4.37. The quantitative estimate of drug-likeness (QED) is 0.826. The second kappa shape index (κ2) is 5.75. The van der Waals surface area contributed by atoms with Crippen molar-refractivity contribution in [1.82, 2.24) is 0 Å². The van der Waals surface area contributed by atoms with Crippen LogP contribution in [0.4, 0.5) is 11.4 Å². The lowest BCUT2D eigenvalue weighted by Crippen LogP contribution is -2.17. The third-order valence-electron chi connectivity index (χ3n) is 3.11. The number of para-hydroxylation sites is 1. The highest BCUT2D eigenvalue weighted by molar-refractivity contribution is 7.92. The molecule has 0 amide bonds. The van der Waals surface area contributed by atoms with Crippen LogP contribution in [0.2, 0.25) is 10.0 Å². The van der Waals surface area contributed by atoms with Gasteiger partial charge in [0, 0.05) is 5.69 Å². The second-order valence-electron chi connectivity index (χ2n) is 4.63. The normalized spacial score (nSPS) is 11.4. The van der Waals surface area contributed by atoms with E-state index in [1.165, 1.54) is 0 Å². The fraction of sp³-hybridized carbons (Fsp3) is 0.143. The molecule has 2 aromatic rings. The summed E-state index contributed by atoms with van der Waals surface area (Å²) in [5.74, 6) is 0. The van der Waals surface area contributed by atoms with Gasteiger partial charge in [0.05, 0.1) is 20.6 Å². The number of hydrogen-bond acceptors (Lipinski definition) is 3. The number of nitrogens with one attached hydrogen (secondary N) is 1. The lowest BCUT2D eigenvalue weighted by molar-refractivity contribution is 0.600. The van der Waals surface area contributed by atoms with Gasteiger partial charge in [0.15, 0.2) is 0 Å². The van der Waals surface area contributed by atoms with Gasteiger partial charge in [0.1, 0.15) is 0 Å². The minimum absolute atomic E-state index is 0.137. The van der Waals surface area contributed by atoms with E-state index in [9.17, 15) is 8.42 Å². The van der Waals surface area contributed by atoms with Crippen molar-refractivity contribution in [2.24, 2.45) is 0 Å². The van der Waals surface area contributed by atoms with Crippen LogP contribution in [0.3, 0.4) is 0 Å². The van der Waals surface area contributed by atoms with Gasteiger partial charge >= 0.3 is 0 Å². The smallest absolute Gasteiger partial charge is 0.262 e. The summed E-state index contributed by atoms with van der Waals surface area (Å²) in [6.45, 7) is 3.36. The maximum absolute atomic E-state index is 12.6. The molecule has 0 saturated carbocycles. The Morgan fingerprint density at radius 3 is 2.19 bits per heavy atom. The molecular weight excluding hydrogens is 331 g/mol. The summed E-state index contributed by atoms with van der Waals surface area (Å²) in [5, 5.41) is 0.454. The minimum atomic E-state index is -3.84. The molecule has 3 N–H and O–H groups in total. The average Bonchev–Trinajstić information content (AvgIpc) is 2.39. The third-order valence-corrected chi connectivity index (χ3v) is 5.38. The van der Waals surface area contributed by atoms with Crippen LogP contribution in [0.5, 0.6) is 0 Å². The Morgan fingerprint density at radius 2 is 1.62 bits per heavy atom. The van der Waals surface area contributed by atoms with E-state index >= 15 is 0 Å². The molecule has 0 unspecified atom stereocenters. The monoisotopic (exact) mass is 344 g/mol. The standard InChI is InChI=1S/C14H14Cl2N2O2S/c1-8-6-7-12(17)9(2)14(8)21(19,20)18-13-10(15)4-3-5-11(13)16/h3-7,18H,17H2,1-2H3. The number of nitrogen functional groups attached to an aromatic ring is 1. The molecule has 7 heteroatoms. The molecule has 4 nitrogen and oxygen atoms in total. The minimum Gasteiger partial charge on any atom is -0.398 e. The van der Waals surface area contributed by atoms with Crippen molar-refractivity contribution < 1.29 is 8.42 Å². The Labute approximate surface area is 133 Å². The molecule has 21 heavy (non-hydrogen) atoms. The first kappa shape index (κ1) is 15.9. The molecule has 0 aliphatic heterocycles. The number of rotatable bonds is 3. The van der Waals surface area contributed by atoms with Crippen molar-refractivity contribution >= 4 is 44.6 Å². The van der Waals surface area contributed by atoms with Crippen molar-refractivity contribution in [2.45, 2.75) is 18.7 Å². The number of halogens is 2. The van der Waals surface area contributed by atoms with E-state index in [-0.39, 0.29) is 20.6 Å². The van der Waals surface area contributed by atoms with Crippen molar-refractivity contribution in [3.63, 3.8) is 0 Å². The lowest BCUT2D eigenvalue weighted by Gasteiger charge is -2.15. The zero-order chi connectivity index (χ0) is 15.8. The van der Waals surface area contributed by atoms with Gasteiger partial charge in [-0.15, -0.1) is 0 Å². The van der Waals surface area contributed by atoms with E-state index in [0.717, 1.165) is 0 Å². The molecule has 0 aromatic heterocycles. The Hall–Kier alpha value is -1.43. The second-order valence-corrected chi connectivity index (χ2v) is 7.06. The van der Waals surface area contributed by atoms with Gasteiger partial charge in [0.25, 0.3) is 10.0 Å². The third kappa shape index (κ3) is 3.10. The summed E-state index contributed by atoms with van der Waals surface area (Å²) >= 11 is 12.0. The van der Waals surface area contributed by atoms with Crippen molar-refractivity contribution in [3.05, 3.63) is 51.5 Å². The number of sulfonamides is 1. The Morgan fingerprint density at radius 1 is 1.05 bits per heavy atom. The molecule has 2 aromatic carbocycles. The zero-order valence-corrected chi connectivity index (χ0v) is 13.8. The van der Waals surface area contributed by atoms with Gasteiger partial charge in [0.2, 0.25) is 0 Å².